The Morgan fingerprint density at radius 1 is 1.24 bits per heavy atom. The van der Waals surface area contributed by atoms with E-state index in [0.29, 0.717) is 5.69 Å². The fraction of sp³-hybridized carbons (Fsp3) is 0.0625. The minimum absolute atomic E-state index is 0.0637. The Balaban J connectivity index is 2.18. The SMILES string of the molecule is Cc1cc(I)ccc1Nc1cc(F)c([N+](=O)[O-])cc1-c1c[nH]oc1=O. The Kier molecular flexibility index (Phi) is 4.57. The van der Waals surface area contributed by atoms with E-state index >= 15 is 0 Å². The number of aromatic amines is 1. The molecule has 3 rings (SSSR count). The van der Waals surface area contributed by atoms with Gasteiger partial charge < -0.3 is 9.84 Å². The number of halogens is 2. The van der Waals surface area contributed by atoms with Gasteiger partial charge in [0.15, 0.2) is 0 Å². The lowest BCUT2D eigenvalue weighted by Crippen LogP contribution is -2.03. The van der Waals surface area contributed by atoms with E-state index in [4.69, 9.17) is 0 Å². The van der Waals surface area contributed by atoms with Crippen LogP contribution in [0.25, 0.3) is 11.1 Å². The Hall–Kier alpha value is -2.69. The molecular formula is C16H11FIN3O4. The standard InChI is InChI=1S/C16H11FIN3O4/c1-8-4-9(18)2-3-13(8)20-14-6-12(17)15(21(23)24)5-10(14)11-7-19-25-16(11)22/h2-7,19-20H,1H3. The smallest absolute Gasteiger partial charge is 0.355 e. The summed E-state index contributed by atoms with van der Waals surface area (Å²) in [6, 6.07) is 7.61. The third kappa shape index (κ3) is 3.40. The summed E-state index contributed by atoms with van der Waals surface area (Å²) in [5, 5.41) is 16.3. The summed E-state index contributed by atoms with van der Waals surface area (Å²) in [7, 11) is 0. The molecule has 0 bridgehead atoms. The van der Waals surface area contributed by atoms with Crippen molar-refractivity contribution in [1.29, 1.82) is 0 Å². The Morgan fingerprint density at radius 3 is 2.60 bits per heavy atom. The van der Waals surface area contributed by atoms with Crippen LogP contribution in [0.5, 0.6) is 0 Å². The second-order valence-corrected chi connectivity index (χ2v) is 6.50. The van der Waals surface area contributed by atoms with Crippen LogP contribution in [0.15, 0.2) is 45.8 Å². The number of hydrogen-bond donors (Lipinski definition) is 2. The molecule has 25 heavy (non-hydrogen) atoms. The summed E-state index contributed by atoms with van der Waals surface area (Å²) in [6.07, 6.45) is 1.27. The van der Waals surface area contributed by atoms with Gasteiger partial charge in [-0.25, -0.2) is 9.95 Å². The predicted molar refractivity (Wildman–Crippen MR) is 98.6 cm³/mol. The van der Waals surface area contributed by atoms with Crippen molar-refractivity contribution in [2.24, 2.45) is 0 Å². The summed E-state index contributed by atoms with van der Waals surface area (Å²) in [6.45, 7) is 1.87. The van der Waals surface area contributed by atoms with E-state index in [9.17, 15) is 19.3 Å². The molecule has 0 atom stereocenters. The maximum absolute atomic E-state index is 14.1. The molecule has 3 aromatic rings. The number of aromatic nitrogens is 1. The number of hydrogen-bond acceptors (Lipinski definition) is 5. The first-order valence-electron chi connectivity index (χ1n) is 7.05. The van der Waals surface area contributed by atoms with Gasteiger partial charge in [0.1, 0.15) is 0 Å². The lowest BCUT2D eigenvalue weighted by molar-refractivity contribution is -0.387. The van der Waals surface area contributed by atoms with Crippen molar-refractivity contribution in [1.82, 2.24) is 5.16 Å². The van der Waals surface area contributed by atoms with Crippen LogP contribution in [0.1, 0.15) is 5.56 Å². The van der Waals surface area contributed by atoms with Crippen LogP contribution in [0.2, 0.25) is 0 Å². The fourth-order valence-corrected chi connectivity index (χ4v) is 3.03. The molecular weight excluding hydrogens is 444 g/mol. The van der Waals surface area contributed by atoms with E-state index in [-0.39, 0.29) is 16.8 Å². The maximum Gasteiger partial charge on any atom is 0.365 e. The minimum atomic E-state index is -1.00. The van der Waals surface area contributed by atoms with E-state index < -0.39 is 22.1 Å². The van der Waals surface area contributed by atoms with Crippen LogP contribution in [0, 0.1) is 26.4 Å². The molecule has 9 heteroatoms. The first-order chi connectivity index (χ1) is 11.9. The molecule has 1 heterocycles. The molecule has 0 aliphatic rings. The maximum atomic E-state index is 14.1. The van der Waals surface area contributed by atoms with E-state index in [1.807, 2.05) is 19.1 Å². The van der Waals surface area contributed by atoms with Gasteiger partial charge in [-0.2, -0.15) is 4.39 Å². The first kappa shape index (κ1) is 17.1. The van der Waals surface area contributed by atoms with Crippen LogP contribution in [0.3, 0.4) is 0 Å². The van der Waals surface area contributed by atoms with Crippen molar-refractivity contribution in [2.45, 2.75) is 6.92 Å². The van der Waals surface area contributed by atoms with E-state index in [1.54, 1.807) is 6.07 Å². The van der Waals surface area contributed by atoms with Crippen LogP contribution in [-0.4, -0.2) is 10.1 Å². The fourth-order valence-electron chi connectivity index (χ4n) is 2.38. The number of nitro groups is 1. The molecule has 0 unspecified atom stereocenters. The first-order valence-corrected chi connectivity index (χ1v) is 8.13. The monoisotopic (exact) mass is 455 g/mol. The van der Waals surface area contributed by atoms with Crippen LogP contribution in [0.4, 0.5) is 21.5 Å². The second-order valence-electron chi connectivity index (χ2n) is 5.26. The van der Waals surface area contributed by atoms with Crippen molar-refractivity contribution in [2.75, 3.05) is 5.32 Å². The van der Waals surface area contributed by atoms with E-state index in [1.165, 1.54) is 6.20 Å². The predicted octanol–water partition coefficient (Wildman–Crippen LogP) is 4.34. The van der Waals surface area contributed by atoms with Crippen molar-refractivity contribution >= 4 is 39.7 Å². The number of aryl methyl sites for hydroxylation is 1. The molecule has 0 aliphatic heterocycles. The number of rotatable bonds is 4. The number of anilines is 2. The van der Waals surface area contributed by atoms with Crippen LogP contribution >= 0.6 is 22.6 Å². The number of nitro benzene ring substituents is 1. The Morgan fingerprint density at radius 2 is 2.00 bits per heavy atom. The zero-order valence-electron chi connectivity index (χ0n) is 12.8. The normalized spacial score (nSPS) is 10.7. The van der Waals surface area contributed by atoms with Gasteiger partial charge in [-0.1, -0.05) is 0 Å². The average molecular weight is 455 g/mol. The summed E-state index contributed by atoms with van der Waals surface area (Å²) in [4.78, 5) is 22.0. The zero-order valence-corrected chi connectivity index (χ0v) is 15.0. The highest BCUT2D eigenvalue weighted by molar-refractivity contribution is 14.1. The van der Waals surface area contributed by atoms with Gasteiger partial charge in [-0.05, 0) is 53.3 Å². The highest BCUT2D eigenvalue weighted by atomic mass is 127. The highest BCUT2D eigenvalue weighted by Crippen LogP contribution is 2.35. The molecule has 0 aliphatic carbocycles. The van der Waals surface area contributed by atoms with Crippen molar-refractivity contribution < 1.29 is 13.8 Å². The molecule has 1 aromatic heterocycles. The van der Waals surface area contributed by atoms with Gasteiger partial charge in [-0.15, -0.1) is 0 Å². The average Bonchev–Trinajstić information content (AvgIpc) is 2.96. The number of benzene rings is 2. The van der Waals surface area contributed by atoms with Crippen molar-refractivity contribution in [3.05, 3.63) is 72.0 Å². The minimum Gasteiger partial charge on any atom is -0.355 e. The van der Waals surface area contributed by atoms with Gasteiger partial charge >= 0.3 is 11.3 Å². The van der Waals surface area contributed by atoms with Crippen LogP contribution < -0.4 is 10.9 Å². The van der Waals surface area contributed by atoms with Gasteiger partial charge in [0.25, 0.3) is 0 Å². The molecule has 0 saturated carbocycles. The van der Waals surface area contributed by atoms with E-state index in [2.05, 4.69) is 37.6 Å². The number of nitrogens with zero attached hydrogens (tertiary/aromatic N) is 1. The van der Waals surface area contributed by atoms with Gasteiger partial charge in [0.05, 0.1) is 22.4 Å². The molecule has 2 aromatic carbocycles. The van der Waals surface area contributed by atoms with Crippen LogP contribution in [-0.2, 0) is 0 Å². The second kappa shape index (κ2) is 6.67. The summed E-state index contributed by atoms with van der Waals surface area (Å²) < 4.78 is 19.7. The van der Waals surface area contributed by atoms with Gasteiger partial charge in [-0.3, -0.25) is 10.1 Å². The molecule has 0 spiro atoms. The van der Waals surface area contributed by atoms with E-state index in [0.717, 1.165) is 21.3 Å². The lowest BCUT2D eigenvalue weighted by atomic mass is 10.0. The zero-order chi connectivity index (χ0) is 18.1. The third-order valence-corrected chi connectivity index (χ3v) is 4.28. The van der Waals surface area contributed by atoms with Gasteiger partial charge in [0, 0.05) is 27.0 Å². The lowest BCUT2D eigenvalue weighted by Gasteiger charge is -2.13. The quantitative estimate of drug-likeness (QED) is 0.347. The molecule has 0 saturated heterocycles. The summed E-state index contributed by atoms with van der Waals surface area (Å²) in [5.41, 5.74) is 0.616. The summed E-state index contributed by atoms with van der Waals surface area (Å²) >= 11 is 2.17. The summed E-state index contributed by atoms with van der Waals surface area (Å²) in [5.74, 6) is -1.00. The molecule has 7 nitrogen and oxygen atoms in total. The molecule has 2 N–H and O–H groups in total. The van der Waals surface area contributed by atoms with Gasteiger partial charge in [0.2, 0.25) is 5.82 Å². The highest BCUT2D eigenvalue weighted by Gasteiger charge is 2.22. The Bertz CT molecular complexity index is 1030. The number of H-pyrrole nitrogens is 1. The molecule has 0 amide bonds. The number of nitrogens with one attached hydrogen (secondary N) is 2. The van der Waals surface area contributed by atoms with Crippen molar-refractivity contribution in [3.8, 4) is 11.1 Å². The largest absolute Gasteiger partial charge is 0.365 e. The third-order valence-electron chi connectivity index (χ3n) is 3.61. The van der Waals surface area contributed by atoms with Crippen molar-refractivity contribution in [3.63, 3.8) is 0 Å². The molecule has 0 radical (unpaired) electrons. The topological polar surface area (TPSA) is 101 Å². The molecule has 0 fully saturated rings. The Labute approximate surface area is 154 Å². The molecule has 128 valence electrons.